The molecule has 1 atom stereocenters. The molecular weight excluding hydrogens is 278 g/mol. The number of fused-ring (bicyclic) bond motifs is 1. The maximum absolute atomic E-state index is 11.9. The zero-order valence-corrected chi connectivity index (χ0v) is 12.7. The first-order valence-corrected chi connectivity index (χ1v) is 7.41. The summed E-state index contributed by atoms with van der Waals surface area (Å²) in [5.74, 6) is 0.0246. The van der Waals surface area contributed by atoms with Gasteiger partial charge in [-0.1, -0.05) is 19.9 Å². The maximum Gasteiger partial charge on any atom is 0.227 e. The molecule has 0 aromatic carbocycles. The molecule has 0 aliphatic carbocycles. The number of carbonyl (C=O) groups is 1. The van der Waals surface area contributed by atoms with E-state index in [1.807, 2.05) is 55.0 Å². The van der Waals surface area contributed by atoms with Crippen LogP contribution < -0.4 is 5.32 Å². The van der Waals surface area contributed by atoms with Gasteiger partial charge in [0.05, 0.1) is 24.1 Å². The number of carbonyl (C=O) groups excluding carboxylic acids is 1. The van der Waals surface area contributed by atoms with Crippen molar-refractivity contribution in [3.8, 4) is 0 Å². The van der Waals surface area contributed by atoms with Gasteiger partial charge in [0.25, 0.3) is 0 Å². The van der Waals surface area contributed by atoms with Gasteiger partial charge in [-0.25, -0.2) is 4.98 Å². The summed E-state index contributed by atoms with van der Waals surface area (Å²) >= 11 is 0. The van der Waals surface area contributed by atoms with Crippen molar-refractivity contribution in [1.82, 2.24) is 19.2 Å². The Balaban J connectivity index is 1.70. The lowest BCUT2D eigenvalue weighted by atomic mass is 10.1. The number of hydrogen-bond donors (Lipinski definition) is 1. The predicted molar refractivity (Wildman–Crippen MR) is 84.6 cm³/mol. The summed E-state index contributed by atoms with van der Waals surface area (Å²) in [4.78, 5) is 16.4. The minimum Gasteiger partial charge on any atom is -0.323 e. The normalized spacial score (nSPS) is 12.5. The summed E-state index contributed by atoms with van der Waals surface area (Å²) in [5.41, 5.74) is 2.55. The average molecular weight is 297 g/mol. The van der Waals surface area contributed by atoms with Crippen molar-refractivity contribution in [2.75, 3.05) is 5.32 Å². The molecule has 0 radical (unpaired) electrons. The van der Waals surface area contributed by atoms with Crippen LogP contribution in [0.3, 0.4) is 0 Å². The topological polar surface area (TPSA) is 64.2 Å². The molecule has 0 spiro atoms. The highest BCUT2D eigenvalue weighted by Gasteiger charge is 2.11. The number of imidazole rings is 1. The van der Waals surface area contributed by atoms with Crippen LogP contribution >= 0.6 is 0 Å². The summed E-state index contributed by atoms with van der Waals surface area (Å²) < 4.78 is 3.75. The largest absolute Gasteiger partial charge is 0.323 e. The van der Waals surface area contributed by atoms with Gasteiger partial charge in [-0.2, -0.15) is 5.10 Å². The van der Waals surface area contributed by atoms with E-state index in [0.29, 0.717) is 12.2 Å². The van der Waals surface area contributed by atoms with E-state index in [4.69, 9.17) is 0 Å². The molecule has 3 aromatic rings. The van der Waals surface area contributed by atoms with Crippen molar-refractivity contribution in [3.63, 3.8) is 0 Å². The Morgan fingerprint density at radius 3 is 3.00 bits per heavy atom. The van der Waals surface area contributed by atoms with Crippen molar-refractivity contribution >= 4 is 17.2 Å². The van der Waals surface area contributed by atoms with Crippen LogP contribution in [0.5, 0.6) is 0 Å². The van der Waals surface area contributed by atoms with Crippen LogP contribution in [0.4, 0.5) is 5.69 Å². The van der Waals surface area contributed by atoms with E-state index < -0.39 is 0 Å². The quantitative estimate of drug-likeness (QED) is 0.787. The Kier molecular flexibility index (Phi) is 3.91. The van der Waals surface area contributed by atoms with Gasteiger partial charge in [0.1, 0.15) is 5.65 Å². The van der Waals surface area contributed by atoms with Crippen LogP contribution in [0.15, 0.2) is 43.0 Å². The number of anilines is 1. The summed E-state index contributed by atoms with van der Waals surface area (Å²) in [6, 6.07) is 5.89. The van der Waals surface area contributed by atoms with Gasteiger partial charge in [-0.05, 0) is 18.6 Å². The number of pyridine rings is 1. The Morgan fingerprint density at radius 1 is 1.36 bits per heavy atom. The summed E-state index contributed by atoms with van der Waals surface area (Å²) in [7, 11) is 0. The van der Waals surface area contributed by atoms with E-state index >= 15 is 0 Å². The molecule has 0 unspecified atom stereocenters. The number of nitrogens with zero attached hydrogens (tertiary/aromatic N) is 4. The molecule has 22 heavy (non-hydrogen) atoms. The summed E-state index contributed by atoms with van der Waals surface area (Å²) in [6.07, 6.45) is 8.25. The lowest BCUT2D eigenvalue weighted by Gasteiger charge is -2.07. The van der Waals surface area contributed by atoms with Crippen LogP contribution in [0.25, 0.3) is 5.65 Å². The molecule has 3 heterocycles. The molecule has 0 aliphatic heterocycles. The molecule has 6 nitrogen and oxygen atoms in total. The molecule has 0 saturated heterocycles. The van der Waals surface area contributed by atoms with E-state index in [9.17, 15) is 4.79 Å². The minimum absolute atomic E-state index is 0.00166. The van der Waals surface area contributed by atoms with E-state index in [0.717, 1.165) is 17.8 Å². The molecule has 6 heteroatoms. The molecule has 1 N–H and O–H groups in total. The zero-order valence-electron chi connectivity index (χ0n) is 12.7. The van der Waals surface area contributed by atoms with Crippen LogP contribution in [-0.2, 0) is 11.3 Å². The smallest absolute Gasteiger partial charge is 0.227 e. The molecule has 3 aromatic heterocycles. The summed E-state index contributed by atoms with van der Waals surface area (Å²) in [5, 5.41) is 7.15. The monoisotopic (exact) mass is 297 g/mol. The molecule has 0 bridgehead atoms. The fraction of sp³-hybridized carbons (Fsp3) is 0.312. The third-order valence-corrected chi connectivity index (χ3v) is 3.70. The Hall–Kier alpha value is -2.63. The van der Waals surface area contributed by atoms with E-state index in [2.05, 4.69) is 15.4 Å². The number of rotatable bonds is 5. The van der Waals surface area contributed by atoms with Crippen molar-refractivity contribution < 1.29 is 4.79 Å². The Bertz CT molecular complexity index is 756. The number of nitrogens with one attached hydrogen (secondary N) is 1. The van der Waals surface area contributed by atoms with Crippen LogP contribution in [0.2, 0.25) is 0 Å². The van der Waals surface area contributed by atoms with Gasteiger partial charge in [-0.3, -0.25) is 9.48 Å². The lowest BCUT2D eigenvalue weighted by molar-refractivity contribution is -0.119. The number of amides is 1. The van der Waals surface area contributed by atoms with Gasteiger partial charge < -0.3 is 9.72 Å². The third-order valence-electron chi connectivity index (χ3n) is 3.70. The highest BCUT2D eigenvalue weighted by atomic mass is 16.1. The van der Waals surface area contributed by atoms with Crippen LogP contribution in [0, 0.1) is 5.92 Å². The van der Waals surface area contributed by atoms with Crippen molar-refractivity contribution in [1.29, 1.82) is 0 Å². The van der Waals surface area contributed by atoms with Crippen molar-refractivity contribution in [2.24, 2.45) is 5.92 Å². The first-order chi connectivity index (χ1) is 10.7. The second kappa shape index (κ2) is 6.01. The van der Waals surface area contributed by atoms with Gasteiger partial charge in [-0.15, -0.1) is 0 Å². The number of aromatic nitrogens is 4. The van der Waals surface area contributed by atoms with Crippen molar-refractivity contribution in [3.05, 3.63) is 48.7 Å². The van der Waals surface area contributed by atoms with E-state index in [1.165, 1.54) is 0 Å². The van der Waals surface area contributed by atoms with Gasteiger partial charge in [0.15, 0.2) is 0 Å². The molecule has 0 saturated carbocycles. The fourth-order valence-corrected chi connectivity index (χ4v) is 2.19. The van der Waals surface area contributed by atoms with E-state index in [1.54, 1.807) is 10.9 Å². The molecular formula is C16H19N5O. The van der Waals surface area contributed by atoms with Crippen molar-refractivity contribution in [2.45, 2.75) is 26.8 Å². The SMILES string of the molecule is CC[C@@H](C)C(=O)Nc1cnn(Cc2cn3ccccc3n2)c1. The summed E-state index contributed by atoms with van der Waals surface area (Å²) in [6.45, 7) is 4.48. The highest BCUT2D eigenvalue weighted by molar-refractivity contribution is 5.91. The van der Waals surface area contributed by atoms with Crippen LogP contribution in [-0.4, -0.2) is 25.1 Å². The third kappa shape index (κ3) is 3.00. The van der Waals surface area contributed by atoms with Crippen LogP contribution in [0.1, 0.15) is 26.0 Å². The Morgan fingerprint density at radius 2 is 2.23 bits per heavy atom. The molecule has 3 rings (SSSR count). The molecule has 0 aliphatic rings. The highest BCUT2D eigenvalue weighted by Crippen LogP contribution is 2.11. The van der Waals surface area contributed by atoms with Gasteiger partial charge >= 0.3 is 0 Å². The average Bonchev–Trinajstić information content (AvgIpc) is 3.12. The first-order valence-electron chi connectivity index (χ1n) is 7.41. The van der Waals surface area contributed by atoms with E-state index in [-0.39, 0.29) is 11.8 Å². The maximum atomic E-state index is 11.9. The Labute approximate surface area is 128 Å². The van der Waals surface area contributed by atoms with Gasteiger partial charge in [0.2, 0.25) is 5.91 Å². The standard InChI is InChI=1S/C16H19N5O/c1-3-12(2)16(22)19-13-8-17-21(10-13)11-14-9-20-7-5-4-6-15(20)18-14/h4-10,12H,3,11H2,1-2H3,(H,19,22)/t12-/m1/s1. The second-order valence-corrected chi connectivity index (χ2v) is 5.42. The molecule has 0 fully saturated rings. The minimum atomic E-state index is 0.00166. The first kappa shape index (κ1) is 14.3. The zero-order chi connectivity index (χ0) is 15.5. The number of hydrogen-bond acceptors (Lipinski definition) is 3. The molecule has 1 amide bonds. The predicted octanol–water partition coefficient (Wildman–Crippen LogP) is 2.56. The fourth-order valence-electron chi connectivity index (χ4n) is 2.19. The lowest BCUT2D eigenvalue weighted by Crippen LogP contribution is -2.19. The second-order valence-electron chi connectivity index (χ2n) is 5.42. The van der Waals surface area contributed by atoms with Gasteiger partial charge in [0, 0.05) is 24.5 Å². The molecule has 114 valence electrons.